The van der Waals surface area contributed by atoms with Gasteiger partial charge in [-0.25, -0.2) is 9.18 Å². The zero-order valence-electron chi connectivity index (χ0n) is 19.7. The molecule has 9 heteroatoms. The summed E-state index contributed by atoms with van der Waals surface area (Å²) < 4.78 is 18.8. The maximum Gasteiger partial charge on any atom is 0.415 e. The van der Waals surface area contributed by atoms with Crippen LogP contribution in [0.5, 0.6) is 5.75 Å². The summed E-state index contributed by atoms with van der Waals surface area (Å²) >= 11 is 12.4. The molecule has 2 aromatic carbocycles. The van der Waals surface area contributed by atoms with Crippen molar-refractivity contribution in [3.8, 4) is 5.75 Å². The van der Waals surface area contributed by atoms with E-state index in [9.17, 15) is 19.1 Å². The van der Waals surface area contributed by atoms with E-state index in [1.165, 1.54) is 29.2 Å². The molecule has 1 saturated heterocycles. The summed E-state index contributed by atoms with van der Waals surface area (Å²) in [6.45, 7) is 2.46. The summed E-state index contributed by atoms with van der Waals surface area (Å²) in [5.41, 5.74) is -1.27. The van der Waals surface area contributed by atoms with E-state index in [1.54, 1.807) is 26.1 Å². The van der Waals surface area contributed by atoms with Crippen molar-refractivity contribution >= 4 is 35.1 Å². The fourth-order valence-electron chi connectivity index (χ4n) is 5.29. The summed E-state index contributed by atoms with van der Waals surface area (Å²) in [5.74, 6) is -1.07. The van der Waals surface area contributed by atoms with Gasteiger partial charge in [-0.15, -0.1) is 0 Å². The lowest BCUT2D eigenvalue weighted by atomic mass is 9.69. The van der Waals surface area contributed by atoms with Gasteiger partial charge in [0.25, 0.3) is 0 Å². The first-order chi connectivity index (χ1) is 16.5. The predicted octanol–water partition coefficient (Wildman–Crippen LogP) is 5.20. The number of ether oxygens (including phenoxy) is 1. The van der Waals surface area contributed by atoms with Crippen LogP contribution in [0.3, 0.4) is 0 Å². The second-order valence-corrected chi connectivity index (χ2v) is 10.6. The lowest BCUT2D eigenvalue weighted by Gasteiger charge is -2.44. The number of carbonyl (C=O) groups excluding carboxylic acids is 2. The van der Waals surface area contributed by atoms with E-state index >= 15 is 0 Å². The minimum Gasteiger partial charge on any atom is -0.410 e. The van der Waals surface area contributed by atoms with Crippen LogP contribution >= 0.6 is 23.2 Å². The van der Waals surface area contributed by atoms with E-state index in [-0.39, 0.29) is 24.0 Å². The monoisotopic (exact) mass is 522 g/mol. The fourth-order valence-corrected chi connectivity index (χ4v) is 5.59. The third kappa shape index (κ3) is 5.19. The molecule has 188 valence electrons. The van der Waals surface area contributed by atoms with Crippen LogP contribution in [0.4, 0.5) is 9.18 Å². The molecule has 2 fully saturated rings. The molecule has 1 heterocycles. The van der Waals surface area contributed by atoms with Crippen LogP contribution in [0.15, 0.2) is 42.5 Å². The minimum atomic E-state index is -1.25. The lowest BCUT2D eigenvalue weighted by Crippen LogP contribution is -2.62. The number of ketones is 1. The third-order valence-electron chi connectivity index (χ3n) is 7.42. The quantitative estimate of drug-likeness (QED) is 0.564. The molecule has 2 aromatic rings. The number of nitrogens with zero attached hydrogens (tertiary/aromatic N) is 1. The molecule has 0 spiro atoms. The van der Waals surface area contributed by atoms with Gasteiger partial charge < -0.3 is 15.2 Å². The summed E-state index contributed by atoms with van der Waals surface area (Å²) in [4.78, 5) is 28.9. The molecule has 2 atom stereocenters. The summed E-state index contributed by atoms with van der Waals surface area (Å²) in [5, 5.41) is 14.5. The van der Waals surface area contributed by atoms with Crippen LogP contribution in [-0.4, -0.2) is 53.2 Å². The highest BCUT2D eigenvalue weighted by Gasteiger charge is 2.56. The Labute approximate surface area is 214 Å². The maximum atomic E-state index is 14.2. The molecule has 6 nitrogen and oxygen atoms in total. The van der Waals surface area contributed by atoms with Crippen LogP contribution in [-0.2, 0) is 4.79 Å². The van der Waals surface area contributed by atoms with Crippen LogP contribution in [0.2, 0.25) is 10.0 Å². The SMILES string of the molecule is CN(C(=O)Oc1ccc(F)cc1)[C@@]1(C(=O)[C@H]2CC[C@@](C)(O)CC2)CNC[C@@H]1c1ccc(Cl)c(Cl)c1. The average molecular weight is 523 g/mol. The van der Waals surface area contributed by atoms with E-state index in [0.29, 0.717) is 42.3 Å². The molecule has 1 amide bonds. The second kappa shape index (κ2) is 10.1. The Bertz CT molecular complexity index is 1100. The Morgan fingerprint density at radius 3 is 2.40 bits per heavy atom. The number of rotatable bonds is 5. The molecule has 0 radical (unpaired) electrons. The van der Waals surface area contributed by atoms with Crippen molar-refractivity contribution in [2.75, 3.05) is 20.1 Å². The van der Waals surface area contributed by atoms with E-state index in [2.05, 4.69) is 5.32 Å². The molecule has 4 rings (SSSR count). The first-order valence-corrected chi connectivity index (χ1v) is 12.4. The van der Waals surface area contributed by atoms with Crippen molar-refractivity contribution in [3.05, 3.63) is 63.9 Å². The number of carbonyl (C=O) groups is 2. The molecular weight excluding hydrogens is 494 g/mol. The highest BCUT2D eigenvalue weighted by atomic mass is 35.5. The van der Waals surface area contributed by atoms with Crippen LogP contribution in [0, 0.1) is 11.7 Å². The molecule has 0 aromatic heterocycles. The zero-order valence-corrected chi connectivity index (χ0v) is 21.2. The number of hydrogen-bond donors (Lipinski definition) is 2. The summed E-state index contributed by atoms with van der Waals surface area (Å²) in [6.07, 6.45) is 1.36. The van der Waals surface area contributed by atoms with Gasteiger partial charge in [0.1, 0.15) is 17.1 Å². The van der Waals surface area contributed by atoms with Gasteiger partial charge in [0, 0.05) is 32.0 Å². The number of amides is 1. The fraction of sp³-hybridized carbons (Fsp3) is 0.462. The van der Waals surface area contributed by atoms with E-state index in [0.717, 1.165) is 5.56 Å². The topological polar surface area (TPSA) is 78.9 Å². The first kappa shape index (κ1) is 25.9. The average Bonchev–Trinajstić information content (AvgIpc) is 3.27. The largest absolute Gasteiger partial charge is 0.415 e. The van der Waals surface area contributed by atoms with E-state index < -0.39 is 29.0 Å². The molecule has 2 aliphatic rings. The second-order valence-electron chi connectivity index (χ2n) is 9.80. The van der Waals surface area contributed by atoms with Gasteiger partial charge in [-0.05, 0) is 74.6 Å². The van der Waals surface area contributed by atoms with Crippen molar-refractivity contribution in [1.82, 2.24) is 10.2 Å². The summed E-state index contributed by atoms with van der Waals surface area (Å²) in [7, 11) is 1.56. The molecule has 1 saturated carbocycles. The van der Waals surface area contributed by atoms with Crippen LogP contribution < -0.4 is 10.1 Å². The molecular formula is C26H29Cl2FN2O4. The first-order valence-electron chi connectivity index (χ1n) is 11.7. The standard InChI is InChI=1S/C26H29Cl2FN2O4/c1-25(34)11-9-16(10-12-25)23(32)26(31(2)24(33)35-19-6-4-18(29)5-7-19)15-30-14-20(26)17-3-8-21(27)22(28)13-17/h3-8,13,16,20,30,34H,9-12,14-15H2,1-2H3/t16-,20-,25+,26+/m1/s1. The van der Waals surface area contributed by atoms with E-state index in [4.69, 9.17) is 27.9 Å². The summed E-state index contributed by atoms with van der Waals surface area (Å²) in [6, 6.07) is 10.4. The van der Waals surface area contributed by atoms with E-state index in [1.807, 2.05) is 6.07 Å². The van der Waals surface area contributed by atoms with Crippen molar-refractivity contribution in [2.45, 2.75) is 49.7 Å². The van der Waals surface area contributed by atoms with Gasteiger partial charge in [0.2, 0.25) is 0 Å². The van der Waals surface area contributed by atoms with Gasteiger partial charge >= 0.3 is 6.09 Å². The number of hydrogen-bond acceptors (Lipinski definition) is 5. The molecule has 2 N–H and O–H groups in total. The highest BCUT2D eigenvalue weighted by molar-refractivity contribution is 6.42. The lowest BCUT2D eigenvalue weighted by molar-refractivity contribution is -0.136. The number of nitrogens with one attached hydrogen (secondary N) is 1. The Hall–Kier alpha value is -2.19. The molecule has 0 unspecified atom stereocenters. The predicted molar refractivity (Wildman–Crippen MR) is 133 cm³/mol. The number of benzene rings is 2. The molecule has 1 aliphatic heterocycles. The van der Waals surface area contributed by atoms with Crippen molar-refractivity contribution in [3.63, 3.8) is 0 Å². The minimum absolute atomic E-state index is 0.0763. The third-order valence-corrected chi connectivity index (χ3v) is 8.16. The smallest absolute Gasteiger partial charge is 0.410 e. The normalized spacial score (nSPS) is 28.5. The zero-order chi connectivity index (χ0) is 25.4. The van der Waals surface area contributed by atoms with Crippen LogP contribution in [0.1, 0.15) is 44.1 Å². The number of Topliss-reactive ketones (excluding diaryl/α,β-unsaturated/α-hetero) is 1. The number of halogens is 3. The Balaban J connectivity index is 1.70. The highest BCUT2D eigenvalue weighted by Crippen LogP contribution is 2.44. The Kier molecular flexibility index (Phi) is 7.44. The van der Waals surface area contributed by atoms with Crippen LogP contribution in [0.25, 0.3) is 0 Å². The Morgan fingerprint density at radius 2 is 1.77 bits per heavy atom. The van der Waals surface area contributed by atoms with Gasteiger partial charge in [-0.2, -0.15) is 0 Å². The van der Waals surface area contributed by atoms with Gasteiger partial charge in [-0.3, -0.25) is 9.69 Å². The molecule has 1 aliphatic carbocycles. The number of likely N-dealkylation sites (N-methyl/N-ethyl adjacent to an activating group) is 1. The van der Waals surface area contributed by atoms with Crippen molar-refractivity contribution < 1.29 is 23.8 Å². The van der Waals surface area contributed by atoms with Crippen molar-refractivity contribution in [1.29, 1.82) is 0 Å². The molecule has 35 heavy (non-hydrogen) atoms. The van der Waals surface area contributed by atoms with Gasteiger partial charge in [-0.1, -0.05) is 29.3 Å². The van der Waals surface area contributed by atoms with Gasteiger partial charge in [0.15, 0.2) is 5.78 Å². The molecule has 0 bridgehead atoms. The number of aliphatic hydroxyl groups is 1. The Morgan fingerprint density at radius 1 is 1.11 bits per heavy atom. The van der Waals surface area contributed by atoms with Gasteiger partial charge in [0.05, 0.1) is 15.6 Å². The maximum absolute atomic E-state index is 14.2. The van der Waals surface area contributed by atoms with Crippen molar-refractivity contribution in [2.24, 2.45) is 5.92 Å².